The van der Waals surface area contributed by atoms with Gasteiger partial charge in [0.1, 0.15) is 17.1 Å². The maximum absolute atomic E-state index is 13.8. The lowest BCUT2D eigenvalue weighted by Crippen LogP contribution is -2.27. The van der Waals surface area contributed by atoms with E-state index in [-0.39, 0.29) is 39.5 Å². The zero-order valence-electron chi connectivity index (χ0n) is 19.6. The number of hydrogen-bond acceptors (Lipinski definition) is 7. The quantitative estimate of drug-likeness (QED) is 0.326. The lowest BCUT2D eigenvalue weighted by Gasteiger charge is -2.22. The van der Waals surface area contributed by atoms with Gasteiger partial charge in [0.15, 0.2) is 0 Å². The average molecular weight is 576 g/mol. The first-order chi connectivity index (χ1) is 17.8. The number of nitrogens with zero attached hydrogens (tertiary/aromatic N) is 1. The topological polar surface area (TPSA) is 135 Å². The third kappa shape index (κ3) is 4.85. The Morgan fingerprint density at radius 3 is 2.47 bits per heavy atom. The van der Waals surface area contributed by atoms with Gasteiger partial charge in [-0.15, -0.1) is 0 Å². The van der Waals surface area contributed by atoms with Crippen molar-refractivity contribution >= 4 is 59.4 Å². The van der Waals surface area contributed by atoms with Gasteiger partial charge in [-0.3, -0.25) is 9.52 Å². The number of aromatic hydroxyl groups is 1. The van der Waals surface area contributed by atoms with Crippen LogP contribution in [-0.4, -0.2) is 32.8 Å². The third-order valence-electron chi connectivity index (χ3n) is 5.86. The molecule has 13 heteroatoms. The van der Waals surface area contributed by atoms with Crippen LogP contribution in [0.2, 0.25) is 5.02 Å². The summed E-state index contributed by atoms with van der Waals surface area (Å²) >= 11 is 6.16. The summed E-state index contributed by atoms with van der Waals surface area (Å²) < 4.78 is 66.5. The highest BCUT2D eigenvalue weighted by atomic mass is 35.5. The molecule has 3 aromatic carbocycles. The molecule has 5 rings (SSSR count). The summed E-state index contributed by atoms with van der Waals surface area (Å²) in [4.78, 5) is 13.5. The van der Waals surface area contributed by atoms with Crippen LogP contribution in [0.1, 0.15) is 11.1 Å². The molecule has 1 aliphatic rings. The molecule has 2 heterocycles. The van der Waals surface area contributed by atoms with Gasteiger partial charge >= 0.3 is 0 Å². The van der Waals surface area contributed by atoms with Crippen molar-refractivity contribution < 1.29 is 26.3 Å². The van der Waals surface area contributed by atoms with E-state index < -0.39 is 37.0 Å². The molecule has 0 fully saturated rings. The van der Waals surface area contributed by atoms with Gasteiger partial charge in [-0.2, -0.15) is 0 Å². The molecule has 3 N–H and O–H groups in total. The van der Waals surface area contributed by atoms with Crippen molar-refractivity contribution in [3.8, 4) is 5.75 Å². The van der Waals surface area contributed by atoms with E-state index in [1.165, 1.54) is 59.2 Å². The van der Waals surface area contributed by atoms with Crippen molar-refractivity contribution in [2.45, 2.75) is 11.4 Å². The third-order valence-corrected chi connectivity index (χ3v) is 8.20. The fourth-order valence-electron chi connectivity index (χ4n) is 4.23. The fourth-order valence-corrected chi connectivity index (χ4v) is 6.29. The number of rotatable bonds is 5. The number of sulfone groups is 1. The minimum atomic E-state index is -4.17. The average Bonchev–Trinajstić information content (AvgIpc) is 2.82. The first kappa shape index (κ1) is 25.8. The first-order valence-corrected chi connectivity index (χ1v) is 14.8. The number of aromatic nitrogens is 1. The highest BCUT2D eigenvalue weighted by Gasteiger charge is 2.29. The molecule has 1 aliphatic heterocycles. The summed E-state index contributed by atoms with van der Waals surface area (Å²) in [5.41, 5.74) is -0.176. The van der Waals surface area contributed by atoms with Crippen molar-refractivity contribution in [2.75, 3.05) is 16.3 Å². The zero-order chi connectivity index (χ0) is 27.4. The highest BCUT2D eigenvalue weighted by molar-refractivity contribution is 7.94. The van der Waals surface area contributed by atoms with Crippen LogP contribution < -0.4 is 15.6 Å². The minimum Gasteiger partial charge on any atom is -0.506 e. The van der Waals surface area contributed by atoms with E-state index in [4.69, 9.17) is 11.6 Å². The maximum Gasteiger partial charge on any atom is 0.264 e. The summed E-state index contributed by atoms with van der Waals surface area (Å²) in [7, 11) is -7.82. The molecule has 1 aromatic heterocycles. The molecule has 196 valence electrons. The summed E-state index contributed by atoms with van der Waals surface area (Å²) in [5.74, 6) is -0.902. The van der Waals surface area contributed by atoms with E-state index in [9.17, 15) is 31.1 Å². The molecule has 0 spiro atoms. The Labute approximate surface area is 221 Å². The number of nitrogens with one attached hydrogen (secondary N) is 2. The smallest absolute Gasteiger partial charge is 0.264 e. The second-order valence-electron chi connectivity index (χ2n) is 8.69. The van der Waals surface area contributed by atoms with Crippen LogP contribution in [0.4, 0.5) is 15.8 Å². The number of benzene rings is 3. The van der Waals surface area contributed by atoms with Gasteiger partial charge < -0.3 is 15.0 Å². The number of anilines is 2. The van der Waals surface area contributed by atoms with E-state index in [0.29, 0.717) is 16.1 Å². The summed E-state index contributed by atoms with van der Waals surface area (Å²) in [6.07, 6.45) is 0.934. The van der Waals surface area contributed by atoms with Gasteiger partial charge in [0, 0.05) is 16.1 Å². The molecule has 0 aliphatic carbocycles. The van der Waals surface area contributed by atoms with Crippen molar-refractivity contribution in [3.05, 3.63) is 98.4 Å². The van der Waals surface area contributed by atoms with E-state index in [1.54, 1.807) is 0 Å². The molecule has 0 unspecified atom stereocenters. The lowest BCUT2D eigenvalue weighted by atomic mass is 10.1. The van der Waals surface area contributed by atoms with E-state index in [0.717, 1.165) is 17.7 Å². The Bertz CT molecular complexity index is 1940. The number of pyridine rings is 1. The van der Waals surface area contributed by atoms with Crippen molar-refractivity contribution in [1.82, 2.24) is 4.57 Å². The zero-order valence-corrected chi connectivity index (χ0v) is 22.0. The number of hydrogen-bond donors (Lipinski definition) is 3. The van der Waals surface area contributed by atoms with Crippen LogP contribution in [0.5, 0.6) is 5.75 Å². The molecule has 0 saturated heterocycles. The maximum atomic E-state index is 13.8. The van der Waals surface area contributed by atoms with E-state index in [1.807, 2.05) is 0 Å². The Kier molecular flexibility index (Phi) is 6.21. The fraction of sp³-hybridized carbons (Fsp3) is 0.0800. The van der Waals surface area contributed by atoms with Gasteiger partial charge in [-0.25, -0.2) is 21.2 Å². The molecule has 0 radical (unpaired) electrons. The second-order valence-corrected chi connectivity index (χ2v) is 12.6. The standard InChI is InChI=1S/C25H19ClFN3O6S2/c1-37(33,34)29-17-7-9-19-22(11-17)38(35,36)13-20(28-19)23-24(31)18-8-4-15(26)10-21(18)30(25(23)32)12-14-2-5-16(27)6-3-14/h2-11,13,28-29,31H,12H2,1H3. The molecular weight excluding hydrogens is 557 g/mol. The van der Waals surface area contributed by atoms with E-state index >= 15 is 0 Å². The first-order valence-electron chi connectivity index (χ1n) is 11.0. The van der Waals surface area contributed by atoms with Crippen LogP contribution in [0, 0.1) is 5.82 Å². The minimum absolute atomic E-state index is 0.0135. The van der Waals surface area contributed by atoms with Crippen molar-refractivity contribution in [2.24, 2.45) is 0 Å². The predicted octanol–water partition coefficient (Wildman–Crippen LogP) is 4.12. The molecular formula is C25H19ClFN3O6S2. The van der Waals surface area contributed by atoms with Crippen LogP contribution >= 0.6 is 11.6 Å². The summed E-state index contributed by atoms with van der Waals surface area (Å²) in [5, 5.41) is 15.4. The number of halogens is 2. The van der Waals surface area contributed by atoms with Gasteiger partial charge in [0.05, 0.1) is 40.0 Å². The molecule has 4 aromatic rings. The highest BCUT2D eigenvalue weighted by Crippen LogP contribution is 2.38. The summed E-state index contributed by atoms with van der Waals surface area (Å²) in [6.45, 7) is -0.0135. The Morgan fingerprint density at radius 2 is 1.79 bits per heavy atom. The SMILES string of the molecule is CS(=O)(=O)Nc1ccc2c(c1)S(=O)(=O)C=C(c1c(O)c3ccc(Cl)cc3n(Cc3ccc(F)cc3)c1=O)N2. The van der Waals surface area contributed by atoms with Gasteiger partial charge in [0.2, 0.25) is 19.9 Å². The molecule has 0 atom stereocenters. The Hall–Kier alpha value is -3.87. The van der Waals surface area contributed by atoms with E-state index in [2.05, 4.69) is 10.0 Å². The van der Waals surface area contributed by atoms with Crippen LogP contribution in [0.25, 0.3) is 16.6 Å². The molecule has 0 saturated carbocycles. The van der Waals surface area contributed by atoms with Crippen LogP contribution in [0.15, 0.2) is 75.8 Å². The Balaban J connectivity index is 1.69. The second kappa shape index (κ2) is 9.15. The molecule has 9 nitrogen and oxygen atoms in total. The van der Waals surface area contributed by atoms with Crippen LogP contribution in [0.3, 0.4) is 0 Å². The monoisotopic (exact) mass is 575 g/mol. The Morgan fingerprint density at radius 1 is 1.08 bits per heavy atom. The van der Waals surface area contributed by atoms with Crippen molar-refractivity contribution in [3.63, 3.8) is 0 Å². The van der Waals surface area contributed by atoms with Gasteiger partial charge in [-0.05, 0) is 54.1 Å². The van der Waals surface area contributed by atoms with Gasteiger partial charge in [-0.1, -0.05) is 23.7 Å². The number of sulfonamides is 1. The van der Waals surface area contributed by atoms with Crippen LogP contribution in [-0.2, 0) is 26.4 Å². The molecule has 0 amide bonds. The summed E-state index contributed by atoms with van der Waals surface area (Å²) in [6, 6.07) is 13.9. The molecule has 0 bridgehead atoms. The molecule has 38 heavy (non-hydrogen) atoms. The predicted molar refractivity (Wildman–Crippen MR) is 144 cm³/mol. The van der Waals surface area contributed by atoms with Gasteiger partial charge in [0.25, 0.3) is 5.56 Å². The van der Waals surface area contributed by atoms with Crippen molar-refractivity contribution in [1.29, 1.82) is 0 Å². The largest absolute Gasteiger partial charge is 0.506 e. The number of fused-ring (bicyclic) bond motifs is 2. The lowest BCUT2D eigenvalue weighted by molar-refractivity contribution is 0.477. The normalized spacial score (nSPS) is 14.4.